The lowest BCUT2D eigenvalue weighted by molar-refractivity contribution is -0.120. The summed E-state index contributed by atoms with van der Waals surface area (Å²) in [7, 11) is 1.91. The van der Waals surface area contributed by atoms with Gasteiger partial charge in [0.1, 0.15) is 0 Å². The third kappa shape index (κ3) is 6.36. The van der Waals surface area contributed by atoms with Crippen molar-refractivity contribution in [1.29, 1.82) is 0 Å². The van der Waals surface area contributed by atoms with E-state index in [0.29, 0.717) is 17.6 Å². The number of nitrogens with one attached hydrogen (secondary N) is 2. The van der Waals surface area contributed by atoms with Gasteiger partial charge in [-0.05, 0) is 31.5 Å². The number of carbonyl (C=O) groups excluding carboxylic acids is 1. The standard InChI is InChI=1S/C16H26ClN3O/c1-11(2)18-9-13-6-7-14(17)8-15(13)20(5)10-16(21)19-12(3)4/h6-8,11-12,18H,9-10H2,1-5H3,(H,19,21). The molecule has 0 radical (unpaired) electrons. The van der Waals surface area contributed by atoms with E-state index in [2.05, 4.69) is 24.5 Å². The third-order valence-electron chi connectivity index (χ3n) is 2.99. The van der Waals surface area contributed by atoms with Crippen molar-refractivity contribution in [3.63, 3.8) is 0 Å². The number of hydrogen-bond donors (Lipinski definition) is 2. The van der Waals surface area contributed by atoms with Crippen molar-refractivity contribution >= 4 is 23.2 Å². The van der Waals surface area contributed by atoms with Crippen molar-refractivity contribution in [2.24, 2.45) is 0 Å². The van der Waals surface area contributed by atoms with Crippen molar-refractivity contribution < 1.29 is 4.79 Å². The minimum Gasteiger partial charge on any atom is -0.365 e. The van der Waals surface area contributed by atoms with Gasteiger partial charge in [-0.25, -0.2) is 0 Å². The fraction of sp³-hybridized carbons (Fsp3) is 0.562. The molecule has 0 fully saturated rings. The lowest BCUT2D eigenvalue weighted by Gasteiger charge is -2.23. The van der Waals surface area contributed by atoms with E-state index in [1.807, 2.05) is 44.0 Å². The Kier molecular flexibility index (Phi) is 6.99. The van der Waals surface area contributed by atoms with Crippen LogP contribution >= 0.6 is 11.6 Å². The summed E-state index contributed by atoms with van der Waals surface area (Å²) in [6.07, 6.45) is 0. The Balaban J connectivity index is 2.83. The highest BCUT2D eigenvalue weighted by Gasteiger charge is 2.12. The number of likely N-dealkylation sites (N-methyl/N-ethyl adjacent to an activating group) is 1. The van der Waals surface area contributed by atoms with Gasteiger partial charge in [-0.15, -0.1) is 0 Å². The van der Waals surface area contributed by atoms with E-state index >= 15 is 0 Å². The zero-order valence-electron chi connectivity index (χ0n) is 13.5. The van der Waals surface area contributed by atoms with Crippen LogP contribution in [-0.2, 0) is 11.3 Å². The highest BCUT2D eigenvalue weighted by Crippen LogP contribution is 2.24. The van der Waals surface area contributed by atoms with E-state index < -0.39 is 0 Å². The monoisotopic (exact) mass is 311 g/mol. The van der Waals surface area contributed by atoms with Crippen molar-refractivity contribution in [3.05, 3.63) is 28.8 Å². The molecule has 2 N–H and O–H groups in total. The van der Waals surface area contributed by atoms with Gasteiger partial charge in [0.05, 0.1) is 6.54 Å². The van der Waals surface area contributed by atoms with Crippen LogP contribution in [0.15, 0.2) is 18.2 Å². The molecule has 5 heteroatoms. The number of benzene rings is 1. The van der Waals surface area contributed by atoms with Gasteiger partial charge in [0.2, 0.25) is 5.91 Å². The molecule has 0 heterocycles. The summed E-state index contributed by atoms with van der Waals surface area (Å²) >= 11 is 6.10. The molecular weight excluding hydrogens is 286 g/mol. The molecule has 0 spiro atoms. The van der Waals surface area contributed by atoms with Crippen molar-refractivity contribution in [3.8, 4) is 0 Å². The first-order chi connectivity index (χ1) is 9.79. The second kappa shape index (κ2) is 8.25. The average molecular weight is 312 g/mol. The fourth-order valence-electron chi connectivity index (χ4n) is 2.02. The molecule has 1 aromatic rings. The molecule has 0 bridgehead atoms. The van der Waals surface area contributed by atoms with E-state index in [1.165, 1.54) is 0 Å². The van der Waals surface area contributed by atoms with Gasteiger partial charge in [-0.3, -0.25) is 4.79 Å². The lowest BCUT2D eigenvalue weighted by Crippen LogP contribution is -2.39. The number of rotatable bonds is 7. The molecule has 0 aliphatic rings. The molecule has 0 unspecified atom stereocenters. The summed E-state index contributed by atoms with van der Waals surface area (Å²) in [5.74, 6) is 0.00949. The molecule has 1 aromatic carbocycles. The number of halogens is 1. The predicted octanol–water partition coefficient (Wildman–Crippen LogP) is 2.80. The maximum absolute atomic E-state index is 11.9. The topological polar surface area (TPSA) is 44.4 Å². The molecule has 118 valence electrons. The first-order valence-corrected chi connectivity index (χ1v) is 7.69. The summed E-state index contributed by atoms with van der Waals surface area (Å²) in [5.41, 5.74) is 2.11. The minimum absolute atomic E-state index is 0.00949. The van der Waals surface area contributed by atoms with Gasteiger partial charge >= 0.3 is 0 Å². The molecule has 0 aliphatic heterocycles. The summed E-state index contributed by atoms with van der Waals surface area (Å²) in [6.45, 7) is 9.18. The maximum atomic E-state index is 11.9. The Labute approximate surface area is 132 Å². The Morgan fingerprint density at radius 1 is 1.24 bits per heavy atom. The first-order valence-electron chi connectivity index (χ1n) is 7.32. The number of anilines is 1. The predicted molar refractivity (Wildman–Crippen MR) is 90.0 cm³/mol. The normalized spacial score (nSPS) is 11.0. The van der Waals surface area contributed by atoms with Crippen LogP contribution in [0, 0.1) is 0 Å². The van der Waals surface area contributed by atoms with E-state index in [4.69, 9.17) is 11.6 Å². The number of amides is 1. The van der Waals surface area contributed by atoms with Gasteiger partial charge in [0.15, 0.2) is 0 Å². The van der Waals surface area contributed by atoms with Gasteiger partial charge in [0, 0.05) is 36.4 Å². The second-order valence-corrected chi connectivity index (χ2v) is 6.32. The van der Waals surface area contributed by atoms with Crippen LogP contribution in [0.4, 0.5) is 5.69 Å². The smallest absolute Gasteiger partial charge is 0.239 e. The second-order valence-electron chi connectivity index (χ2n) is 5.89. The highest BCUT2D eigenvalue weighted by atomic mass is 35.5. The van der Waals surface area contributed by atoms with Crippen LogP contribution < -0.4 is 15.5 Å². The fourth-order valence-corrected chi connectivity index (χ4v) is 2.19. The van der Waals surface area contributed by atoms with E-state index in [-0.39, 0.29) is 11.9 Å². The summed E-state index contributed by atoms with van der Waals surface area (Å²) in [6, 6.07) is 6.34. The van der Waals surface area contributed by atoms with Crippen LogP contribution in [0.3, 0.4) is 0 Å². The number of carbonyl (C=O) groups is 1. The Morgan fingerprint density at radius 2 is 1.90 bits per heavy atom. The van der Waals surface area contributed by atoms with Crippen molar-refractivity contribution in [2.75, 3.05) is 18.5 Å². The van der Waals surface area contributed by atoms with Gasteiger partial charge in [-0.2, -0.15) is 0 Å². The van der Waals surface area contributed by atoms with Crippen molar-refractivity contribution in [1.82, 2.24) is 10.6 Å². The lowest BCUT2D eigenvalue weighted by atomic mass is 10.1. The molecule has 1 amide bonds. The van der Waals surface area contributed by atoms with Crippen LogP contribution in [0.2, 0.25) is 5.02 Å². The number of hydrogen-bond acceptors (Lipinski definition) is 3. The summed E-state index contributed by atoms with van der Waals surface area (Å²) in [4.78, 5) is 13.8. The first kappa shape index (κ1) is 17.8. The van der Waals surface area contributed by atoms with Crippen LogP contribution in [-0.4, -0.2) is 31.6 Å². The largest absolute Gasteiger partial charge is 0.365 e. The Bertz CT molecular complexity index is 475. The minimum atomic E-state index is 0.00949. The number of nitrogens with zero attached hydrogens (tertiary/aromatic N) is 1. The average Bonchev–Trinajstić information content (AvgIpc) is 2.35. The van der Waals surface area contributed by atoms with Crippen LogP contribution in [0.25, 0.3) is 0 Å². The van der Waals surface area contributed by atoms with Gasteiger partial charge in [0.25, 0.3) is 0 Å². The molecule has 4 nitrogen and oxygen atoms in total. The van der Waals surface area contributed by atoms with E-state index in [1.54, 1.807) is 0 Å². The maximum Gasteiger partial charge on any atom is 0.239 e. The van der Waals surface area contributed by atoms with Crippen molar-refractivity contribution in [2.45, 2.75) is 46.3 Å². The zero-order chi connectivity index (χ0) is 16.0. The quantitative estimate of drug-likeness (QED) is 0.814. The molecule has 0 atom stereocenters. The zero-order valence-corrected chi connectivity index (χ0v) is 14.3. The highest BCUT2D eigenvalue weighted by molar-refractivity contribution is 6.30. The van der Waals surface area contributed by atoms with E-state index in [0.717, 1.165) is 17.8 Å². The van der Waals surface area contributed by atoms with E-state index in [9.17, 15) is 4.79 Å². The summed E-state index contributed by atoms with van der Waals surface area (Å²) < 4.78 is 0. The summed E-state index contributed by atoms with van der Waals surface area (Å²) in [5, 5.41) is 6.97. The van der Waals surface area contributed by atoms with Gasteiger partial charge in [-0.1, -0.05) is 31.5 Å². The molecule has 0 saturated heterocycles. The Hall–Kier alpha value is -1.26. The van der Waals surface area contributed by atoms with Crippen LogP contribution in [0.5, 0.6) is 0 Å². The molecule has 0 aromatic heterocycles. The molecule has 0 saturated carbocycles. The molecule has 21 heavy (non-hydrogen) atoms. The van der Waals surface area contributed by atoms with Gasteiger partial charge < -0.3 is 15.5 Å². The SMILES string of the molecule is CC(C)NCc1ccc(Cl)cc1N(C)CC(=O)NC(C)C. The molecule has 0 aliphatic carbocycles. The van der Waals surface area contributed by atoms with Crippen LogP contribution in [0.1, 0.15) is 33.3 Å². The molecule has 1 rings (SSSR count). The molecular formula is C16H26ClN3O. The third-order valence-corrected chi connectivity index (χ3v) is 3.22. The Morgan fingerprint density at radius 3 is 2.48 bits per heavy atom.